The normalized spacial score (nSPS) is 19.1. The molecule has 1 fully saturated rings. The molecule has 0 radical (unpaired) electrons. The summed E-state index contributed by atoms with van der Waals surface area (Å²) >= 11 is 0. The Labute approximate surface area is 161 Å². The molecule has 1 N–H and O–H groups in total. The van der Waals surface area contributed by atoms with Gasteiger partial charge in [-0.3, -0.25) is 9.59 Å². The van der Waals surface area contributed by atoms with Crippen molar-refractivity contribution >= 4 is 22.9 Å². The van der Waals surface area contributed by atoms with Crippen LogP contribution in [-0.4, -0.2) is 57.1 Å². The second-order valence-electron chi connectivity index (χ2n) is 6.86. The number of para-hydroxylation sites is 1. The van der Waals surface area contributed by atoms with Crippen molar-refractivity contribution in [3.05, 3.63) is 54.1 Å². The number of nitrogens with zero attached hydrogens (tertiary/aromatic N) is 4. The molecular formula is C20H20N4O4. The van der Waals surface area contributed by atoms with E-state index in [4.69, 9.17) is 4.74 Å². The van der Waals surface area contributed by atoms with E-state index in [1.807, 2.05) is 36.4 Å². The van der Waals surface area contributed by atoms with E-state index in [0.29, 0.717) is 12.3 Å². The van der Waals surface area contributed by atoms with Crippen LogP contribution in [-0.2, 0) is 16.1 Å². The number of carbonyl (C=O) groups excluding carboxylic acids is 1. The summed E-state index contributed by atoms with van der Waals surface area (Å²) in [7, 11) is 1.58. The largest absolute Gasteiger partial charge is 0.497 e. The first-order valence-corrected chi connectivity index (χ1v) is 8.99. The number of hydrogen-bond acceptors (Lipinski definition) is 5. The van der Waals surface area contributed by atoms with Gasteiger partial charge in [0.05, 0.1) is 18.5 Å². The Morgan fingerprint density at radius 2 is 1.89 bits per heavy atom. The van der Waals surface area contributed by atoms with Crippen molar-refractivity contribution < 1.29 is 19.4 Å². The van der Waals surface area contributed by atoms with E-state index in [0.717, 1.165) is 16.6 Å². The van der Waals surface area contributed by atoms with E-state index in [-0.39, 0.29) is 24.9 Å². The third kappa shape index (κ3) is 3.28. The lowest BCUT2D eigenvalue weighted by molar-refractivity contribution is -0.141. The monoisotopic (exact) mass is 380 g/mol. The second-order valence-corrected chi connectivity index (χ2v) is 6.86. The number of fused-ring (bicyclic) bond motifs is 1. The maximum absolute atomic E-state index is 12.8. The number of hydrogen-bond donors (Lipinski definition) is 1. The van der Waals surface area contributed by atoms with Crippen LogP contribution in [0.25, 0.3) is 11.0 Å². The Kier molecular flexibility index (Phi) is 4.68. The van der Waals surface area contributed by atoms with Gasteiger partial charge in [-0.1, -0.05) is 29.5 Å². The molecule has 4 rings (SSSR count). The third-order valence-corrected chi connectivity index (χ3v) is 5.24. The zero-order valence-electron chi connectivity index (χ0n) is 15.4. The lowest BCUT2D eigenvalue weighted by Crippen LogP contribution is -2.33. The number of amides is 1. The maximum Gasteiger partial charge on any atom is 0.308 e. The van der Waals surface area contributed by atoms with Gasteiger partial charge in [-0.2, -0.15) is 0 Å². The van der Waals surface area contributed by atoms with E-state index < -0.39 is 11.9 Å². The van der Waals surface area contributed by atoms with Crippen molar-refractivity contribution in [2.75, 3.05) is 20.2 Å². The summed E-state index contributed by atoms with van der Waals surface area (Å²) in [6.07, 6.45) is 0. The predicted molar refractivity (Wildman–Crippen MR) is 101 cm³/mol. The number of aliphatic carboxylic acids is 1. The Morgan fingerprint density at radius 1 is 1.14 bits per heavy atom. The van der Waals surface area contributed by atoms with Gasteiger partial charge in [0.2, 0.25) is 5.91 Å². The molecule has 1 aromatic heterocycles. The molecular weight excluding hydrogens is 360 g/mol. The van der Waals surface area contributed by atoms with Gasteiger partial charge in [0.1, 0.15) is 17.8 Å². The number of carbonyl (C=O) groups is 2. The molecule has 0 aliphatic carbocycles. The molecule has 144 valence electrons. The minimum absolute atomic E-state index is 0.0299. The Bertz CT molecular complexity index is 1010. The number of carboxylic acid groups (broad SMARTS) is 1. The quantitative estimate of drug-likeness (QED) is 0.724. The minimum atomic E-state index is -0.901. The first-order chi connectivity index (χ1) is 13.6. The zero-order valence-corrected chi connectivity index (χ0v) is 15.4. The van der Waals surface area contributed by atoms with Gasteiger partial charge in [-0.25, -0.2) is 4.68 Å². The summed E-state index contributed by atoms with van der Waals surface area (Å²) in [5, 5.41) is 17.8. The molecule has 2 atom stereocenters. The van der Waals surface area contributed by atoms with Gasteiger partial charge in [0.25, 0.3) is 0 Å². The summed E-state index contributed by atoms with van der Waals surface area (Å²) in [4.78, 5) is 26.2. The lowest BCUT2D eigenvalue weighted by atomic mass is 9.89. The summed E-state index contributed by atoms with van der Waals surface area (Å²) in [6, 6.07) is 14.7. The highest BCUT2D eigenvalue weighted by Gasteiger charge is 2.40. The number of methoxy groups -OCH3 is 1. The van der Waals surface area contributed by atoms with Gasteiger partial charge in [0.15, 0.2) is 0 Å². The minimum Gasteiger partial charge on any atom is -0.497 e. The first kappa shape index (κ1) is 18.0. The van der Waals surface area contributed by atoms with E-state index in [9.17, 15) is 14.7 Å². The molecule has 1 saturated heterocycles. The van der Waals surface area contributed by atoms with E-state index in [1.54, 1.807) is 28.8 Å². The fourth-order valence-electron chi connectivity index (χ4n) is 3.71. The van der Waals surface area contributed by atoms with Gasteiger partial charge in [-0.05, 0) is 29.8 Å². The van der Waals surface area contributed by atoms with Gasteiger partial charge in [-0.15, -0.1) is 5.10 Å². The van der Waals surface area contributed by atoms with Crippen LogP contribution >= 0.6 is 0 Å². The first-order valence-electron chi connectivity index (χ1n) is 8.99. The van der Waals surface area contributed by atoms with Crippen LogP contribution in [0.15, 0.2) is 48.5 Å². The smallest absolute Gasteiger partial charge is 0.308 e. The number of carboxylic acids is 1. The Morgan fingerprint density at radius 3 is 2.61 bits per heavy atom. The molecule has 0 spiro atoms. The van der Waals surface area contributed by atoms with Crippen LogP contribution in [0.2, 0.25) is 0 Å². The molecule has 8 nitrogen and oxygen atoms in total. The van der Waals surface area contributed by atoms with Crippen LogP contribution < -0.4 is 4.74 Å². The number of rotatable bonds is 5. The fraction of sp³-hybridized carbons (Fsp3) is 0.300. The van der Waals surface area contributed by atoms with Gasteiger partial charge < -0.3 is 14.7 Å². The number of aromatic nitrogens is 3. The van der Waals surface area contributed by atoms with Crippen molar-refractivity contribution in [3.63, 3.8) is 0 Å². The van der Waals surface area contributed by atoms with Crippen molar-refractivity contribution in [3.8, 4) is 5.75 Å². The molecule has 1 aliphatic heterocycles. The highest BCUT2D eigenvalue weighted by molar-refractivity contribution is 5.81. The van der Waals surface area contributed by atoms with Crippen LogP contribution in [0.1, 0.15) is 11.5 Å². The van der Waals surface area contributed by atoms with Crippen molar-refractivity contribution in [1.29, 1.82) is 0 Å². The predicted octanol–water partition coefficient (Wildman–Crippen LogP) is 1.77. The zero-order chi connectivity index (χ0) is 19.7. The molecule has 2 heterocycles. The second kappa shape index (κ2) is 7.30. The van der Waals surface area contributed by atoms with Crippen molar-refractivity contribution in [2.45, 2.75) is 12.5 Å². The molecule has 0 unspecified atom stereocenters. The standard InChI is InChI=1S/C20H20N4O4/c1-28-14-8-6-13(7-9-14)15-10-23(11-16(15)20(26)27)19(25)12-24-18-5-3-2-4-17(18)21-22-24/h2-9,15-16H,10-12H2,1H3,(H,26,27)/t15-,16+/m0/s1. The summed E-state index contributed by atoms with van der Waals surface area (Å²) in [6.45, 7) is 0.564. The summed E-state index contributed by atoms with van der Waals surface area (Å²) in [5.74, 6) is -1.27. The van der Waals surface area contributed by atoms with Crippen LogP contribution in [0.5, 0.6) is 5.75 Å². The SMILES string of the molecule is COc1ccc([C@@H]2CN(C(=O)Cn3nnc4ccccc43)C[C@H]2C(=O)O)cc1. The maximum atomic E-state index is 12.8. The molecule has 3 aromatic rings. The van der Waals surface area contributed by atoms with Crippen LogP contribution in [0.3, 0.4) is 0 Å². The number of benzene rings is 2. The Balaban J connectivity index is 1.53. The lowest BCUT2D eigenvalue weighted by Gasteiger charge is -2.17. The molecule has 0 saturated carbocycles. The number of ether oxygens (including phenoxy) is 1. The van der Waals surface area contributed by atoms with Crippen molar-refractivity contribution in [2.24, 2.45) is 5.92 Å². The summed E-state index contributed by atoms with van der Waals surface area (Å²) < 4.78 is 6.71. The molecule has 8 heteroatoms. The van der Waals surface area contributed by atoms with E-state index >= 15 is 0 Å². The fourth-order valence-corrected chi connectivity index (χ4v) is 3.71. The third-order valence-electron chi connectivity index (χ3n) is 5.24. The van der Waals surface area contributed by atoms with Crippen molar-refractivity contribution in [1.82, 2.24) is 19.9 Å². The average Bonchev–Trinajstić information content (AvgIpc) is 3.33. The molecule has 28 heavy (non-hydrogen) atoms. The average molecular weight is 380 g/mol. The Hall–Kier alpha value is -3.42. The topological polar surface area (TPSA) is 97.5 Å². The highest BCUT2D eigenvalue weighted by atomic mass is 16.5. The molecule has 0 bridgehead atoms. The molecule has 2 aromatic carbocycles. The summed E-state index contributed by atoms with van der Waals surface area (Å²) in [5.41, 5.74) is 2.38. The van der Waals surface area contributed by atoms with Gasteiger partial charge in [0, 0.05) is 19.0 Å². The highest BCUT2D eigenvalue weighted by Crippen LogP contribution is 2.34. The molecule has 1 aliphatic rings. The van der Waals surface area contributed by atoms with Crippen LogP contribution in [0, 0.1) is 5.92 Å². The van der Waals surface area contributed by atoms with Crippen LogP contribution in [0.4, 0.5) is 0 Å². The number of likely N-dealkylation sites (tertiary alicyclic amines) is 1. The van der Waals surface area contributed by atoms with Gasteiger partial charge >= 0.3 is 5.97 Å². The molecule has 1 amide bonds. The van der Waals surface area contributed by atoms with E-state index in [2.05, 4.69) is 10.3 Å². The van der Waals surface area contributed by atoms with E-state index in [1.165, 1.54) is 0 Å².